The number of pyridine rings is 1. The molecule has 3 heterocycles. The summed E-state index contributed by atoms with van der Waals surface area (Å²) in [6, 6.07) is 8.84. The van der Waals surface area contributed by atoms with Crippen LogP contribution in [0.25, 0.3) is 0 Å². The Morgan fingerprint density at radius 2 is 1.82 bits per heavy atom. The number of rotatable bonds is 5. The van der Waals surface area contributed by atoms with E-state index in [0.29, 0.717) is 43.5 Å². The minimum atomic E-state index is -1.25. The standard InChI is InChI=1S/C26H31FN4O3/c1-25(2,3)15-22(32)30-13-10-19(11-14-30)26(20-5-4-12-28-16-20)23(33)31(24(34)29-26)17-18-6-8-21(27)9-7-18/h4-9,12,16,19H,10-11,13-15,17H2,1-3H3,(H,29,34)/t26-/m0/s1. The molecule has 2 saturated heterocycles. The lowest BCUT2D eigenvalue weighted by molar-refractivity contribution is -0.137. The van der Waals surface area contributed by atoms with Crippen molar-refractivity contribution in [1.29, 1.82) is 0 Å². The van der Waals surface area contributed by atoms with Gasteiger partial charge in [-0.25, -0.2) is 9.18 Å². The van der Waals surface area contributed by atoms with Crippen molar-refractivity contribution in [2.24, 2.45) is 11.3 Å². The molecule has 0 radical (unpaired) electrons. The fourth-order valence-electron chi connectivity index (χ4n) is 4.94. The van der Waals surface area contributed by atoms with Gasteiger partial charge in [-0.05, 0) is 47.9 Å². The van der Waals surface area contributed by atoms with E-state index >= 15 is 0 Å². The molecule has 4 rings (SSSR count). The fourth-order valence-corrected chi connectivity index (χ4v) is 4.94. The van der Waals surface area contributed by atoms with Crippen molar-refractivity contribution >= 4 is 17.8 Å². The Bertz CT molecular complexity index is 1060. The SMILES string of the molecule is CC(C)(C)CC(=O)N1CCC([C@@]2(c3cccnc3)NC(=O)N(Cc3ccc(F)cc3)C2=O)CC1. The van der Waals surface area contributed by atoms with Crippen LogP contribution in [-0.2, 0) is 21.7 Å². The lowest BCUT2D eigenvalue weighted by Crippen LogP contribution is -2.54. The number of amides is 4. The van der Waals surface area contributed by atoms with Crippen molar-refractivity contribution in [3.05, 3.63) is 65.7 Å². The van der Waals surface area contributed by atoms with Crippen LogP contribution in [0.3, 0.4) is 0 Å². The van der Waals surface area contributed by atoms with Crippen LogP contribution in [0.15, 0.2) is 48.8 Å². The molecule has 7 nitrogen and oxygen atoms in total. The van der Waals surface area contributed by atoms with Gasteiger partial charge >= 0.3 is 6.03 Å². The lowest BCUT2D eigenvalue weighted by atomic mass is 9.73. The first-order chi connectivity index (χ1) is 16.1. The number of piperidine rings is 1. The minimum absolute atomic E-state index is 0.0515. The molecule has 1 aromatic carbocycles. The third kappa shape index (κ3) is 4.67. The monoisotopic (exact) mass is 466 g/mol. The molecule has 34 heavy (non-hydrogen) atoms. The molecule has 0 bridgehead atoms. The Balaban J connectivity index is 1.59. The van der Waals surface area contributed by atoms with Gasteiger partial charge in [-0.15, -0.1) is 0 Å². The Morgan fingerprint density at radius 1 is 1.15 bits per heavy atom. The van der Waals surface area contributed by atoms with E-state index in [1.807, 2.05) is 31.7 Å². The average molecular weight is 467 g/mol. The van der Waals surface area contributed by atoms with Gasteiger partial charge < -0.3 is 10.2 Å². The summed E-state index contributed by atoms with van der Waals surface area (Å²) in [4.78, 5) is 46.9. The van der Waals surface area contributed by atoms with Gasteiger partial charge in [-0.3, -0.25) is 19.5 Å². The second kappa shape index (κ2) is 9.16. The highest BCUT2D eigenvalue weighted by Crippen LogP contribution is 2.42. The molecule has 2 aliphatic rings. The van der Waals surface area contributed by atoms with E-state index in [2.05, 4.69) is 10.3 Å². The van der Waals surface area contributed by atoms with Crippen LogP contribution in [0.5, 0.6) is 0 Å². The first-order valence-corrected chi connectivity index (χ1v) is 11.7. The fraction of sp³-hybridized carbons (Fsp3) is 0.462. The molecular weight excluding hydrogens is 435 g/mol. The van der Waals surface area contributed by atoms with E-state index in [1.54, 1.807) is 30.6 Å². The predicted molar refractivity (Wildman–Crippen MR) is 125 cm³/mol. The smallest absolute Gasteiger partial charge is 0.325 e. The molecule has 0 spiro atoms. The molecular formula is C26H31FN4O3. The minimum Gasteiger partial charge on any atom is -0.343 e. The van der Waals surface area contributed by atoms with E-state index in [0.717, 1.165) is 0 Å². The van der Waals surface area contributed by atoms with Gasteiger partial charge in [0.1, 0.15) is 5.82 Å². The van der Waals surface area contributed by atoms with E-state index in [1.165, 1.54) is 17.0 Å². The predicted octanol–water partition coefficient (Wildman–Crippen LogP) is 3.84. The van der Waals surface area contributed by atoms with Crippen LogP contribution < -0.4 is 5.32 Å². The van der Waals surface area contributed by atoms with Crippen LogP contribution in [0.1, 0.15) is 51.2 Å². The van der Waals surface area contributed by atoms with Crippen LogP contribution >= 0.6 is 0 Å². The number of nitrogens with one attached hydrogen (secondary N) is 1. The van der Waals surface area contributed by atoms with Crippen LogP contribution in [-0.4, -0.2) is 45.7 Å². The van der Waals surface area contributed by atoms with Crippen molar-refractivity contribution in [1.82, 2.24) is 20.1 Å². The molecule has 4 amide bonds. The number of hydrogen-bond acceptors (Lipinski definition) is 4. The average Bonchev–Trinajstić information content (AvgIpc) is 3.05. The summed E-state index contributed by atoms with van der Waals surface area (Å²) >= 11 is 0. The number of urea groups is 1. The summed E-state index contributed by atoms with van der Waals surface area (Å²) in [5.74, 6) is -0.793. The number of halogens is 1. The van der Waals surface area contributed by atoms with E-state index in [9.17, 15) is 18.8 Å². The molecule has 8 heteroatoms. The Morgan fingerprint density at radius 3 is 2.41 bits per heavy atom. The molecule has 2 aromatic rings. The maximum absolute atomic E-state index is 13.9. The van der Waals surface area contributed by atoms with Gasteiger partial charge in [0.25, 0.3) is 5.91 Å². The third-order valence-electron chi connectivity index (χ3n) is 6.64. The molecule has 2 aliphatic heterocycles. The zero-order valence-corrected chi connectivity index (χ0v) is 19.9. The number of hydrogen-bond donors (Lipinski definition) is 1. The number of carbonyl (C=O) groups is 3. The lowest BCUT2D eigenvalue weighted by Gasteiger charge is -2.41. The van der Waals surface area contributed by atoms with Gasteiger partial charge in [0, 0.05) is 37.5 Å². The van der Waals surface area contributed by atoms with Crippen molar-refractivity contribution in [2.45, 2.75) is 52.1 Å². The molecule has 1 aromatic heterocycles. The van der Waals surface area contributed by atoms with Gasteiger partial charge in [0.15, 0.2) is 5.54 Å². The molecule has 1 atom stereocenters. The van der Waals surface area contributed by atoms with Gasteiger partial charge in [0.2, 0.25) is 5.91 Å². The molecule has 1 N–H and O–H groups in total. The zero-order valence-electron chi connectivity index (χ0n) is 19.9. The summed E-state index contributed by atoms with van der Waals surface area (Å²) in [6.45, 7) is 7.23. The van der Waals surface area contributed by atoms with Crippen LogP contribution in [0.4, 0.5) is 9.18 Å². The molecule has 0 aliphatic carbocycles. The molecule has 0 saturated carbocycles. The number of imide groups is 1. The quantitative estimate of drug-likeness (QED) is 0.679. The zero-order chi connectivity index (χ0) is 24.5. The third-order valence-corrected chi connectivity index (χ3v) is 6.64. The first-order valence-electron chi connectivity index (χ1n) is 11.7. The summed E-state index contributed by atoms with van der Waals surface area (Å²) in [5, 5.41) is 2.99. The molecule has 180 valence electrons. The second-order valence-electron chi connectivity index (χ2n) is 10.4. The van der Waals surface area contributed by atoms with E-state index in [-0.39, 0.29) is 35.5 Å². The number of likely N-dealkylation sites (tertiary alicyclic amines) is 1. The highest BCUT2D eigenvalue weighted by Gasteiger charge is 2.57. The van der Waals surface area contributed by atoms with Gasteiger partial charge in [-0.2, -0.15) is 0 Å². The second-order valence-corrected chi connectivity index (χ2v) is 10.4. The number of nitrogens with zero attached hydrogens (tertiary/aromatic N) is 3. The summed E-state index contributed by atoms with van der Waals surface area (Å²) in [7, 11) is 0. The number of carbonyl (C=O) groups excluding carboxylic acids is 3. The Kier molecular flexibility index (Phi) is 6.43. The van der Waals surface area contributed by atoms with Crippen LogP contribution in [0.2, 0.25) is 0 Å². The Hall–Kier alpha value is -3.29. The topological polar surface area (TPSA) is 82.6 Å². The number of aromatic nitrogens is 1. The maximum atomic E-state index is 13.9. The number of benzene rings is 1. The van der Waals surface area contributed by atoms with Gasteiger partial charge in [-0.1, -0.05) is 39.0 Å². The van der Waals surface area contributed by atoms with Crippen molar-refractivity contribution in [3.8, 4) is 0 Å². The van der Waals surface area contributed by atoms with Crippen LogP contribution in [0, 0.1) is 17.2 Å². The highest BCUT2D eigenvalue weighted by molar-refractivity contribution is 6.07. The highest BCUT2D eigenvalue weighted by atomic mass is 19.1. The van der Waals surface area contributed by atoms with Crippen molar-refractivity contribution in [3.63, 3.8) is 0 Å². The largest absolute Gasteiger partial charge is 0.343 e. The Labute approximate surface area is 199 Å². The summed E-state index contributed by atoms with van der Waals surface area (Å²) < 4.78 is 13.3. The van der Waals surface area contributed by atoms with Gasteiger partial charge in [0.05, 0.1) is 6.54 Å². The molecule has 2 fully saturated rings. The normalized spacial score (nSPS) is 21.6. The van der Waals surface area contributed by atoms with E-state index in [4.69, 9.17) is 0 Å². The summed E-state index contributed by atoms with van der Waals surface area (Å²) in [6.07, 6.45) is 4.88. The van der Waals surface area contributed by atoms with E-state index < -0.39 is 11.6 Å². The maximum Gasteiger partial charge on any atom is 0.325 e. The summed E-state index contributed by atoms with van der Waals surface area (Å²) in [5.41, 5.74) is -0.0463. The molecule has 0 unspecified atom stereocenters. The van der Waals surface area contributed by atoms with Crippen molar-refractivity contribution in [2.75, 3.05) is 13.1 Å². The van der Waals surface area contributed by atoms with Crippen molar-refractivity contribution < 1.29 is 18.8 Å². The first kappa shape index (κ1) is 23.9.